The molecule has 1 fully saturated rings. The van der Waals surface area contributed by atoms with Crippen LogP contribution in [0.4, 0.5) is 0 Å². The molecule has 0 amide bonds. The van der Waals surface area contributed by atoms with E-state index in [-0.39, 0.29) is 16.6 Å². The van der Waals surface area contributed by atoms with Gasteiger partial charge in [-0.25, -0.2) is 8.42 Å². The van der Waals surface area contributed by atoms with Gasteiger partial charge >= 0.3 is 0 Å². The van der Waals surface area contributed by atoms with Crippen LogP contribution >= 0.6 is 34.8 Å². The van der Waals surface area contributed by atoms with Gasteiger partial charge in [-0.05, 0) is 73.9 Å². The summed E-state index contributed by atoms with van der Waals surface area (Å²) >= 11 is 17.9. The molecule has 8 heteroatoms. The van der Waals surface area contributed by atoms with Crippen molar-refractivity contribution < 1.29 is 13.2 Å². The Bertz CT molecular complexity index is 1090. The monoisotopic (exact) mass is 529 g/mol. The van der Waals surface area contributed by atoms with Crippen LogP contribution in [0.15, 0.2) is 42.5 Å². The van der Waals surface area contributed by atoms with Crippen LogP contribution in [0.5, 0.6) is 5.75 Å². The minimum absolute atomic E-state index is 0.0736. The van der Waals surface area contributed by atoms with Crippen molar-refractivity contribution >= 4 is 44.6 Å². The summed E-state index contributed by atoms with van der Waals surface area (Å²) in [6.45, 7) is 5.60. The summed E-state index contributed by atoms with van der Waals surface area (Å²) in [5.41, 5.74) is 4.08. The first kappa shape index (κ1) is 25.1. The molecular weight excluding hydrogens is 501 g/mol. The molecule has 0 radical (unpaired) electrons. The van der Waals surface area contributed by atoms with Crippen molar-refractivity contribution in [3.63, 3.8) is 0 Å². The number of alkyl halides is 3. The Labute approximate surface area is 212 Å². The molecule has 180 valence electrons. The molecule has 2 aromatic rings. The number of aryl methyl sites for hydroxylation is 1. The van der Waals surface area contributed by atoms with Gasteiger partial charge in [0, 0.05) is 19.6 Å². The van der Waals surface area contributed by atoms with Crippen LogP contribution in [-0.2, 0) is 22.0 Å². The van der Waals surface area contributed by atoms with Gasteiger partial charge in [0.1, 0.15) is 11.4 Å². The normalized spacial score (nSPS) is 18.8. The lowest BCUT2D eigenvalue weighted by molar-refractivity contribution is -0.0139. The molecule has 2 heterocycles. The molecule has 0 bridgehead atoms. The average molecular weight is 531 g/mol. The predicted octanol–water partition coefficient (Wildman–Crippen LogP) is 6.21. The Balaban J connectivity index is 1.43. The number of rotatable bonds is 5. The SMILES string of the molecule is CC(C)S(=O)(=O)Cc1ccc(-c2ccc3c(c2)CCC2(CCN(CC(Cl)(Cl)Cl)CC2)O3)cc1. The van der Waals surface area contributed by atoms with E-state index in [4.69, 9.17) is 39.5 Å². The number of hydrogen-bond acceptors (Lipinski definition) is 4. The van der Waals surface area contributed by atoms with E-state index in [2.05, 4.69) is 23.1 Å². The van der Waals surface area contributed by atoms with E-state index in [0.717, 1.165) is 61.2 Å². The molecule has 33 heavy (non-hydrogen) atoms. The van der Waals surface area contributed by atoms with E-state index in [1.807, 2.05) is 24.3 Å². The van der Waals surface area contributed by atoms with Crippen LogP contribution < -0.4 is 4.74 Å². The molecule has 2 aliphatic heterocycles. The molecular formula is C25H30Cl3NO3S. The molecule has 0 N–H and O–H groups in total. The summed E-state index contributed by atoms with van der Waals surface area (Å²) in [5, 5.41) is -0.372. The third-order valence-corrected chi connectivity index (χ3v) is 9.31. The third-order valence-electron chi connectivity index (χ3n) is 6.78. The van der Waals surface area contributed by atoms with Crippen LogP contribution in [-0.4, -0.2) is 47.6 Å². The van der Waals surface area contributed by atoms with Gasteiger partial charge in [-0.2, -0.15) is 0 Å². The maximum Gasteiger partial charge on any atom is 0.203 e. The highest BCUT2D eigenvalue weighted by Gasteiger charge is 2.40. The number of hydrogen-bond donors (Lipinski definition) is 0. The fourth-order valence-electron chi connectivity index (χ4n) is 4.62. The topological polar surface area (TPSA) is 46.6 Å². The highest BCUT2D eigenvalue weighted by atomic mass is 35.6. The van der Waals surface area contributed by atoms with Crippen LogP contribution in [0.1, 0.15) is 44.2 Å². The van der Waals surface area contributed by atoms with E-state index in [9.17, 15) is 8.42 Å². The summed E-state index contributed by atoms with van der Waals surface area (Å²) in [6.07, 6.45) is 3.81. The van der Waals surface area contributed by atoms with E-state index < -0.39 is 13.6 Å². The van der Waals surface area contributed by atoms with Crippen LogP contribution in [0.3, 0.4) is 0 Å². The first-order valence-electron chi connectivity index (χ1n) is 11.4. The van der Waals surface area contributed by atoms with Gasteiger partial charge in [0.05, 0.1) is 11.0 Å². The molecule has 1 spiro atoms. The molecule has 1 saturated heterocycles. The second kappa shape index (κ2) is 9.58. The molecule has 4 nitrogen and oxygen atoms in total. The summed E-state index contributed by atoms with van der Waals surface area (Å²) in [4.78, 5) is 2.19. The minimum atomic E-state index is -3.11. The van der Waals surface area contributed by atoms with Crippen molar-refractivity contribution in [1.29, 1.82) is 0 Å². The van der Waals surface area contributed by atoms with Gasteiger partial charge in [-0.1, -0.05) is 65.1 Å². The number of benzene rings is 2. The van der Waals surface area contributed by atoms with E-state index in [1.165, 1.54) is 5.56 Å². The first-order chi connectivity index (χ1) is 15.4. The van der Waals surface area contributed by atoms with Crippen molar-refractivity contribution in [3.05, 3.63) is 53.6 Å². The zero-order valence-electron chi connectivity index (χ0n) is 19.0. The molecule has 4 rings (SSSR count). The lowest BCUT2D eigenvalue weighted by Gasteiger charge is -2.45. The highest BCUT2D eigenvalue weighted by molar-refractivity contribution is 7.91. The Morgan fingerprint density at radius 1 is 1.00 bits per heavy atom. The van der Waals surface area contributed by atoms with Crippen LogP contribution in [0.25, 0.3) is 11.1 Å². The maximum atomic E-state index is 12.2. The Kier molecular flexibility index (Phi) is 7.29. The van der Waals surface area contributed by atoms with Crippen LogP contribution in [0, 0.1) is 0 Å². The minimum Gasteiger partial charge on any atom is -0.487 e. The first-order valence-corrected chi connectivity index (χ1v) is 14.2. The standard InChI is InChI=1S/C25H30Cl3NO3S/c1-18(2)33(30,31)16-19-3-5-20(6-4-19)21-7-8-23-22(15-21)9-10-24(32-23)11-13-29(14-12-24)17-25(26,27)28/h3-8,15,18H,9-14,16-17H2,1-2H3. The molecule has 2 aromatic carbocycles. The van der Waals surface area contributed by atoms with Crippen molar-refractivity contribution in [2.24, 2.45) is 0 Å². The predicted molar refractivity (Wildman–Crippen MR) is 137 cm³/mol. The average Bonchev–Trinajstić information content (AvgIpc) is 2.74. The Morgan fingerprint density at radius 3 is 2.24 bits per heavy atom. The molecule has 0 aliphatic carbocycles. The fraction of sp³-hybridized carbons (Fsp3) is 0.520. The largest absolute Gasteiger partial charge is 0.487 e. The summed E-state index contributed by atoms with van der Waals surface area (Å²) < 4.78 is 29.7. The summed E-state index contributed by atoms with van der Waals surface area (Å²) in [6, 6.07) is 14.2. The van der Waals surface area contributed by atoms with Gasteiger partial charge in [-0.15, -0.1) is 0 Å². The van der Waals surface area contributed by atoms with Crippen molar-refractivity contribution in [3.8, 4) is 16.9 Å². The van der Waals surface area contributed by atoms with Gasteiger partial charge in [0.25, 0.3) is 0 Å². The summed E-state index contributed by atoms with van der Waals surface area (Å²) in [5.74, 6) is 1.03. The smallest absolute Gasteiger partial charge is 0.203 e. The fourth-order valence-corrected chi connectivity index (χ4v) is 6.11. The molecule has 2 aliphatic rings. The van der Waals surface area contributed by atoms with Gasteiger partial charge in [0.2, 0.25) is 3.79 Å². The Morgan fingerprint density at radius 2 is 1.64 bits per heavy atom. The number of nitrogens with zero attached hydrogens (tertiary/aromatic N) is 1. The number of ether oxygens (including phenoxy) is 1. The van der Waals surface area contributed by atoms with Gasteiger partial charge in [-0.3, -0.25) is 4.90 Å². The molecule has 0 aromatic heterocycles. The molecule has 0 atom stereocenters. The van der Waals surface area contributed by atoms with Gasteiger partial charge < -0.3 is 4.74 Å². The highest BCUT2D eigenvalue weighted by Crippen LogP contribution is 2.41. The van der Waals surface area contributed by atoms with E-state index >= 15 is 0 Å². The zero-order valence-corrected chi connectivity index (χ0v) is 22.1. The number of piperidine rings is 1. The zero-order chi connectivity index (χ0) is 23.9. The molecule has 0 unspecified atom stereocenters. The number of likely N-dealkylation sites (tertiary alicyclic amines) is 1. The second-order valence-corrected chi connectivity index (χ2v) is 14.6. The summed E-state index contributed by atoms with van der Waals surface area (Å²) in [7, 11) is -3.11. The van der Waals surface area contributed by atoms with Gasteiger partial charge in [0.15, 0.2) is 9.84 Å². The molecule has 0 saturated carbocycles. The van der Waals surface area contributed by atoms with Crippen LogP contribution in [0.2, 0.25) is 0 Å². The maximum absolute atomic E-state index is 12.2. The van der Waals surface area contributed by atoms with Crippen molar-refractivity contribution in [2.45, 2.75) is 59.9 Å². The van der Waals surface area contributed by atoms with E-state index in [0.29, 0.717) is 6.54 Å². The number of halogens is 3. The lowest BCUT2D eigenvalue weighted by atomic mass is 9.82. The third kappa shape index (κ3) is 6.18. The Hall–Kier alpha value is -0.980. The second-order valence-electron chi connectivity index (χ2n) is 9.55. The number of fused-ring (bicyclic) bond motifs is 1. The van der Waals surface area contributed by atoms with Crippen molar-refractivity contribution in [1.82, 2.24) is 4.90 Å². The van der Waals surface area contributed by atoms with E-state index in [1.54, 1.807) is 13.8 Å². The van der Waals surface area contributed by atoms with Crippen molar-refractivity contribution in [2.75, 3.05) is 19.6 Å². The quantitative estimate of drug-likeness (QED) is 0.431. The number of sulfone groups is 1. The lowest BCUT2D eigenvalue weighted by Crippen LogP contribution is -2.51.